The lowest BCUT2D eigenvalue weighted by Gasteiger charge is -2.36. The number of nitrogens with two attached hydrogens (primary N) is 1. The molecular weight excluding hydrogens is 226 g/mol. The summed E-state index contributed by atoms with van der Waals surface area (Å²) in [5.41, 5.74) is 4.95. The van der Waals surface area contributed by atoms with Crippen LogP contribution >= 0.6 is 0 Å². The fourth-order valence-electron chi connectivity index (χ4n) is 3.30. The summed E-state index contributed by atoms with van der Waals surface area (Å²) in [6.45, 7) is 12.6. The van der Waals surface area contributed by atoms with Crippen LogP contribution in [0.15, 0.2) is 0 Å². The normalized spacial score (nSPS) is 30.1. The molecular formula is C14H29N3O. The Morgan fingerprint density at radius 1 is 1.56 bits per heavy atom. The first kappa shape index (κ1) is 15.4. The number of amides is 1. The van der Waals surface area contributed by atoms with Gasteiger partial charge in [0.05, 0.1) is 5.54 Å². The van der Waals surface area contributed by atoms with Gasteiger partial charge in [-0.05, 0) is 46.1 Å². The predicted octanol–water partition coefficient (Wildman–Crippen LogP) is 1.35. The predicted molar refractivity (Wildman–Crippen MR) is 75.3 cm³/mol. The molecule has 18 heavy (non-hydrogen) atoms. The zero-order valence-corrected chi connectivity index (χ0v) is 12.5. The Morgan fingerprint density at radius 3 is 2.56 bits per heavy atom. The molecule has 1 saturated heterocycles. The highest BCUT2D eigenvalue weighted by molar-refractivity contribution is 5.84. The standard InChI is InChI=1S/C14H29N3O/c1-6-16-14(5,13(15)18)8-12(4)17-9-10(2)7-11(17)3/h10-12,16H,6-9H2,1-5H3,(H2,15,18). The maximum Gasteiger partial charge on any atom is 0.237 e. The second-order valence-corrected chi connectivity index (χ2v) is 6.17. The molecule has 0 radical (unpaired) electrons. The summed E-state index contributed by atoms with van der Waals surface area (Å²) >= 11 is 0. The van der Waals surface area contributed by atoms with Crippen LogP contribution in [0.1, 0.15) is 47.5 Å². The Kier molecular flexibility index (Phi) is 5.17. The molecule has 4 heteroatoms. The molecule has 0 spiro atoms. The zero-order chi connectivity index (χ0) is 13.9. The van der Waals surface area contributed by atoms with Gasteiger partial charge in [0, 0.05) is 18.6 Å². The summed E-state index contributed by atoms with van der Waals surface area (Å²) in [6.07, 6.45) is 2.02. The van der Waals surface area contributed by atoms with Crippen molar-refractivity contribution in [2.24, 2.45) is 11.7 Å². The topological polar surface area (TPSA) is 58.4 Å². The van der Waals surface area contributed by atoms with Crippen molar-refractivity contribution in [3.63, 3.8) is 0 Å². The van der Waals surface area contributed by atoms with Crippen LogP contribution in [-0.4, -0.2) is 41.5 Å². The van der Waals surface area contributed by atoms with Gasteiger partial charge in [-0.15, -0.1) is 0 Å². The van der Waals surface area contributed by atoms with Crippen LogP contribution in [0, 0.1) is 5.92 Å². The van der Waals surface area contributed by atoms with Crippen molar-refractivity contribution in [2.75, 3.05) is 13.1 Å². The van der Waals surface area contributed by atoms with E-state index in [0.717, 1.165) is 25.4 Å². The number of nitrogens with zero attached hydrogens (tertiary/aromatic N) is 1. The van der Waals surface area contributed by atoms with E-state index in [1.807, 2.05) is 13.8 Å². The van der Waals surface area contributed by atoms with Crippen molar-refractivity contribution in [2.45, 2.75) is 65.1 Å². The minimum absolute atomic E-state index is 0.254. The molecule has 4 atom stereocenters. The highest BCUT2D eigenvalue weighted by Crippen LogP contribution is 2.27. The van der Waals surface area contributed by atoms with Gasteiger partial charge in [-0.25, -0.2) is 0 Å². The fraction of sp³-hybridized carbons (Fsp3) is 0.929. The number of nitrogens with one attached hydrogen (secondary N) is 1. The highest BCUT2D eigenvalue weighted by Gasteiger charge is 2.36. The molecule has 3 N–H and O–H groups in total. The van der Waals surface area contributed by atoms with Crippen LogP contribution in [-0.2, 0) is 4.79 Å². The Morgan fingerprint density at radius 2 is 2.17 bits per heavy atom. The van der Waals surface area contributed by atoms with E-state index in [0.29, 0.717) is 12.1 Å². The van der Waals surface area contributed by atoms with Crippen LogP contribution in [0.5, 0.6) is 0 Å². The van der Waals surface area contributed by atoms with Gasteiger partial charge in [0.25, 0.3) is 0 Å². The molecule has 1 fully saturated rings. The third-order valence-electron chi connectivity index (χ3n) is 4.21. The van der Waals surface area contributed by atoms with Crippen molar-refractivity contribution in [3.05, 3.63) is 0 Å². The lowest BCUT2D eigenvalue weighted by Crippen LogP contribution is -2.56. The number of hydrogen-bond donors (Lipinski definition) is 2. The Balaban J connectivity index is 2.67. The molecule has 0 aromatic rings. The van der Waals surface area contributed by atoms with E-state index >= 15 is 0 Å². The molecule has 1 aliphatic rings. The average molecular weight is 255 g/mol. The van der Waals surface area contributed by atoms with Crippen LogP contribution in [0.2, 0.25) is 0 Å². The fourth-order valence-corrected chi connectivity index (χ4v) is 3.30. The number of likely N-dealkylation sites (tertiary alicyclic amines) is 1. The van der Waals surface area contributed by atoms with Crippen molar-refractivity contribution >= 4 is 5.91 Å². The molecule has 106 valence electrons. The summed E-state index contributed by atoms with van der Waals surface area (Å²) in [6, 6.07) is 0.982. The second-order valence-electron chi connectivity index (χ2n) is 6.17. The van der Waals surface area contributed by atoms with Crippen LogP contribution < -0.4 is 11.1 Å². The molecule has 4 nitrogen and oxygen atoms in total. The second kappa shape index (κ2) is 6.02. The number of hydrogen-bond acceptors (Lipinski definition) is 3. The molecule has 1 amide bonds. The number of carbonyl (C=O) groups excluding carboxylic acids is 1. The van der Waals surface area contributed by atoms with Gasteiger partial charge in [0.1, 0.15) is 0 Å². The summed E-state index contributed by atoms with van der Waals surface area (Å²) in [5.74, 6) is 0.498. The molecule has 4 unspecified atom stereocenters. The van der Waals surface area contributed by atoms with Crippen molar-refractivity contribution < 1.29 is 4.79 Å². The van der Waals surface area contributed by atoms with Gasteiger partial charge >= 0.3 is 0 Å². The largest absolute Gasteiger partial charge is 0.368 e. The average Bonchev–Trinajstić information content (AvgIpc) is 2.57. The van der Waals surface area contributed by atoms with E-state index in [4.69, 9.17) is 5.73 Å². The SMILES string of the molecule is CCNC(C)(CC(C)N1CC(C)CC1C)C(N)=O. The van der Waals surface area contributed by atoms with Gasteiger partial charge in [-0.1, -0.05) is 13.8 Å². The summed E-state index contributed by atoms with van der Waals surface area (Å²) < 4.78 is 0. The van der Waals surface area contributed by atoms with E-state index in [9.17, 15) is 4.79 Å². The maximum atomic E-state index is 11.6. The minimum atomic E-state index is -0.598. The van der Waals surface area contributed by atoms with Crippen LogP contribution in [0.4, 0.5) is 0 Å². The Bertz CT molecular complexity index is 295. The summed E-state index contributed by atoms with van der Waals surface area (Å²) in [7, 11) is 0. The first-order valence-electron chi connectivity index (χ1n) is 7.10. The minimum Gasteiger partial charge on any atom is -0.368 e. The molecule has 0 aliphatic carbocycles. The number of carbonyl (C=O) groups is 1. The lowest BCUT2D eigenvalue weighted by molar-refractivity contribution is -0.124. The lowest BCUT2D eigenvalue weighted by atomic mass is 9.91. The maximum absolute atomic E-state index is 11.6. The number of primary amides is 1. The summed E-state index contributed by atoms with van der Waals surface area (Å²) in [4.78, 5) is 14.2. The first-order chi connectivity index (χ1) is 8.30. The molecule has 1 heterocycles. The molecule has 1 aliphatic heterocycles. The van der Waals surface area contributed by atoms with Crippen LogP contribution in [0.3, 0.4) is 0 Å². The first-order valence-corrected chi connectivity index (χ1v) is 7.10. The highest BCUT2D eigenvalue weighted by atomic mass is 16.1. The van der Waals surface area contributed by atoms with Crippen molar-refractivity contribution in [1.29, 1.82) is 0 Å². The van der Waals surface area contributed by atoms with Crippen LogP contribution in [0.25, 0.3) is 0 Å². The third-order valence-corrected chi connectivity index (χ3v) is 4.21. The van der Waals surface area contributed by atoms with Gasteiger partial charge in [-0.3, -0.25) is 9.69 Å². The summed E-state index contributed by atoms with van der Waals surface area (Å²) in [5, 5.41) is 3.24. The van der Waals surface area contributed by atoms with E-state index in [2.05, 4.69) is 31.0 Å². The van der Waals surface area contributed by atoms with E-state index in [-0.39, 0.29) is 5.91 Å². The number of likely N-dealkylation sites (N-methyl/N-ethyl adjacent to an activating group) is 1. The molecule has 0 bridgehead atoms. The van der Waals surface area contributed by atoms with Gasteiger partial charge in [-0.2, -0.15) is 0 Å². The van der Waals surface area contributed by atoms with Gasteiger partial charge in [0.15, 0.2) is 0 Å². The van der Waals surface area contributed by atoms with E-state index < -0.39 is 5.54 Å². The zero-order valence-electron chi connectivity index (χ0n) is 12.5. The molecule has 0 saturated carbocycles. The molecule has 0 aromatic carbocycles. The monoisotopic (exact) mass is 255 g/mol. The van der Waals surface area contributed by atoms with Crippen molar-refractivity contribution in [1.82, 2.24) is 10.2 Å². The smallest absolute Gasteiger partial charge is 0.237 e. The van der Waals surface area contributed by atoms with Crippen molar-refractivity contribution in [3.8, 4) is 0 Å². The molecule has 0 aromatic heterocycles. The Hall–Kier alpha value is -0.610. The van der Waals surface area contributed by atoms with E-state index in [1.54, 1.807) is 0 Å². The van der Waals surface area contributed by atoms with E-state index in [1.165, 1.54) is 6.42 Å². The number of rotatable bonds is 6. The molecule has 1 rings (SSSR count). The van der Waals surface area contributed by atoms with Gasteiger partial charge < -0.3 is 11.1 Å². The third kappa shape index (κ3) is 3.45. The quantitative estimate of drug-likeness (QED) is 0.753. The van der Waals surface area contributed by atoms with Gasteiger partial charge in [0.2, 0.25) is 5.91 Å². The Labute approximate surface area is 111 Å².